The highest BCUT2D eigenvalue weighted by atomic mass is 32.2. The Morgan fingerprint density at radius 3 is 2.85 bits per heavy atom. The van der Waals surface area contributed by atoms with Gasteiger partial charge in [0.15, 0.2) is 16.7 Å². The topological polar surface area (TPSA) is 93.3 Å². The van der Waals surface area contributed by atoms with E-state index in [0.717, 1.165) is 0 Å². The van der Waals surface area contributed by atoms with E-state index in [-0.39, 0.29) is 23.7 Å². The van der Waals surface area contributed by atoms with E-state index in [9.17, 15) is 9.59 Å². The van der Waals surface area contributed by atoms with Crippen LogP contribution in [0.2, 0.25) is 0 Å². The standard InChI is InChI=1S/C18H19N3O4S/c1-4-8-26-18-20-16-14(17(23)21-18)11(9-13(22)19-16)10-6-5-7-12(24-2)15(10)25-3/h4-7,11H,1,8-9H2,2-3H3,(H2,19,20,21,22,23). The van der Waals surface area contributed by atoms with Crippen molar-refractivity contribution in [1.82, 2.24) is 9.97 Å². The summed E-state index contributed by atoms with van der Waals surface area (Å²) in [7, 11) is 3.07. The number of nitrogens with one attached hydrogen (secondary N) is 2. The van der Waals surface area contributed by atoms with Crippen molar-refractivity contribution in [3.05, 3.63) is 52.3 Å². The Hall–Kier alpha value is -2.74. The van der Waals surface area contributed by atoms with Crippen LogP contribution in [-0.2, 0) is 4.79 Å². The zero-order chi connectivity index (χ0) is 18.7. The molecular formula is C18H19N3O4S. The normalized spacial score (nSPS) is 15.8. The summed E-state index contributed by atoms with van der Waals surface area (Å²) < 4.78 is 10.8. The monoisotopic (exact) mass is 373 g/mol. The minimum Gasteiger partial charge on any atom is -0.493 e. The first-order valence-corrected chi connectivity index (χ1v) is 8.96. The number of carbonyl (C=O) groups excluding carboxylic acids is 1. The zero-order valence-electron chi connectivity index (χ0n) is 14.5. The molecule has 1 aliphatic heterocycles. The Kier molecular flexibility index (Phi) is 5.32. The van der Waals surface area contributed by atoms with Gasteiger partial charge in [-0.3, -0.25) is 9.59 Å². The zero-order valence-corrected chi connectivity index (χ0v) is 15.3. The second-order valence-electron chi connectivity index (χ2n) is 5.62. The molecule has 0 spiro atoms. The minimum absolute atomic E-state index is 0.125. The largest absolute Gasteiger partial charge is 0.493 e. The highest BCUT2D eigenvalue weighted by Crippen LogP contribution is 2.42. The van der Waals surface area contributed by atoms with E-state index in [1.165, 1.54) is 18.9 Å². The number of hydrogen-bond donors (Lipinski definition) is 2. The number of carbonyl (C=O) groups is 1. The predicted octanol–water partition coefficient (Wildman–Crippen LogP) is 2.54. The van der Waals surface area contributed by atoms with Gasteiger partial charge in [-0.1, -0.05) is 30.0 Å². The highest BCUT2D eigenvalue weighted by Gasteiger charge is 2.33. The van der Waals surface area contributed by atoms with Crippen molar-refractivity contribution in [3.63, 3.8) is 0 Å². The van der Waals surface area contributed by atoms with Crippen molar-refractivity contribution in [3.8, 4) is 11.5 Å². The van der Waals surface area contributed by atoms with Gasteiger partial charge >= 0.3 is 0 Å². The molecular weight excluding hydrogens is 354 g/mol. The van der Waals surface area contributed by atoms with Crippen molar-refractivity contribution in [2.75, 3.05) is 25.3 Å². The maximum atomic E-state index is 12.7. The number of amides is 1. The van der Waals surface area contributed by atoms with Gasteiger partial charge in [0.2, 0.25) is 5.91 Å². The Bertz CT molecular complexity index is 910. The van der Waals surface area contributed by atoms with Crippen LogP contribution >= 0.6 is 11.8 Å². The van der Waals surface area contributed by atoms with Crippen molar-refractivity contribution in [1.29, 1.82) is 0 Å². The molecule has 26 heavy (non-hydrogen) atoms. The van der Waals surface area contributed by atoms with Gasteiger partial charge < -0.3 is 19.8 Å². The molecule has 0 saturated carbocycles. The molecule has 1 unspecified atom stereocenters. The van der Waals surface area contributed by atoms with Gasteiger partial charge in [-0.15, -0.1) is 6.58 Å². The SMILES string of the molecule is C=CCSc1nc2c(c(=O)[nH]1)C(c1cccc(OC)c1OC)CC(=O)N2. The molecule has 0 fully saturated rings. The summed E-state index contributed by atoms with van der Waals surface area (Å²) in [5.74, 6) is 1.25. The molecule has 2 heterocycles. The van der Waals surface area contributed by atoms with Crippen LogP contribution in [0.3, 0.4) is 0 Å². The third kappa shape index (κ3) is 3.32. The van der Waals surface area contributed by atoms with Crippen molar-refractivity contribution < 1.29 is 14.3 Å². The van der Waals surface area contributed by atoms with Gasteiger partial charge in [-0.25, -0.2) is 4.98 Å². The maximum Gasteiger partial charge on any atom is 0.257 e. The molecule has 2 N–H and O–H groups in total. The maximum absolute atomic E-state index is 12.7. The smallest absolute Gasteiger partial charge is 0.257 e. The van der Waals surface area contributed by atoms with E-state index in [2.05, 4.69) is 21.9 Å². The Morgan fingerprint density at radius 1 is 1.35 bits per heavy atom. The number of aromatic nitrogens is 2. The molecule has 1 amide bonds. The molecule has 1 aliphatic rings. The summed E-state index contributed by atoms with van der Waals surface area (Å²) in [5, 5.41) is 3.14. The Balaban J connectivity index is 2.14. The van der Waals surface area contributed by atoms with Crippen LogP contribution in [-0.4, -0.2) is 35.8 Å². The number of anilines is 1. The molecule has 0 aliphatic carbocycles. The lowest BCUT2D eigenvalue weighted by molar-refractivity contribution is -0.116. The molecule has 136 valence electrons. The first-order chi connectivity index (χ1) is 12.6. The number of nitrogens with zero attached hydrogens (tertiary/aromatic N) is 1. The number of thioether (sulfide) groups is 1. The number of methoxy groups -OCH3 is 2. The molecule has 0 saturated heterocycles. The molecule has 1 aromatic carbocycles. The Morgan fingerprint density at radius 2 is 2.15 bits per heavy atom. The van der Waals surface area contributed by atoms with Crippen LogP contribution in [0.4, 0.5) is 5.82 Å². The summed E-state index contributed by atoms with van der Waals surface area (Å²) in [6.45, 7) is 3.65. The number of H-pyrrole nitrogens is 1. The average Bonchev–Trinajstić information content (AvgIpc) is 2.64. The van der Waals surface area contributed by atoms with Gasteiger partial charge in [-0.05, 0) is 6.07 Å². The van der Waals surface area contributed by atoms with Gasteiger partial charge in [0.05, 0.1) is 19.8 Å². The second-order valence-corrected chi connectivity index (χ2v) is 6.63. The first kappa shape index (κ1) is 18.1. The van der Waals surface area contributed by atoms with Crippen LogP contribution in [0.25, 0.3) is 0 Å². The summed E-state index contributed by atoms with van der Waals surface area (Å²) in [6.07, 6.45) is 1.84. The number of hydrogen-bond acceptors (Lipinski definition) is 6. The lowest BCUT2D eigenvalue weighted by Gasteiger charge is -2.26. The van der Waals surface area contributed by atoms with Crippen LogP contribution in [0.5, 0.6) is 11.5 Å². The van der Waals surface area contributed by atoms with E-state index in [1.54, 1.807) is 25.3 Å². The lowest BCUT2D eigenvalue weighted by Crippen LogP contribution is -2.31. The first-order valence-electron chi connectivity index (χ1n) is 7.97. The third-order valence-corrected chi connectivity index (χ3v) is 4.95. The van der Waals surface area contributed by atoms with Crippen LogP contribution in [0.15, 0.2) is 40.8 Å². The molecule has 1 aromatic heterocycles. The molecule has 0 radical (unpaired) electrons. The van der Waals surface area contributed by atoms with Crippen LogP contribution in [0, 0.1) is 0 Å². The molecule has 2 aromatic rings. The molecule has 3 rings (SSSR count). The molecule has 8 heteroatoms. The number of rotatable bonds is 6. The van der Waals surface area contributed by atoms with E-state index >= 15 is 0 Å². The minimum atomic E-state index is -0.474. The lowest BCUT2D eigenvalue weighted by atomic mass is 9.86. The van der Waals surface area contributed by atoms with Crippen molar-refractivity contribution in [2.45, 2.75) is 17.5 Å². The van der Waals surface area contributed by atoms with Gasteiger partial charge in [0, 0.05) is 23.7 Å². The number of para-hydroxylation sites is 1. The fraction of sp³-hybridized carbons (Fsp3) is 0.278. The van der Waals surface area contributed by atoms with Gasteiger partial charge in [0.1, 0.15) is 5.82 Å². The third-order valence-electron chi connectivity index (χ3n) is 4.08. The fourth-order valence-corrected chi connectivity index (χ4v) is 3.61. The summed E-state index contributed by atoms with van der Waals surface area (Å²) in [6, 6.07) is 5.40. The van der Waals surface area contributed by atoms with E-state index < -0.39 is 5.92 Å². The Labute approximate surface area is 154 Å². The molecule has 1 atom stereocenters. The van der Waals surface area contributed by atoms with Crippen LogP contribution in [0.1, 0.15) is 23.5 Å². The molecule has 7 nitrogen and oxygen atoms in total. The fourth-order valence-electron chi connectivity index (χ4n) is 3.01. The molecule has 0 bridgehead atoms. The number of ether oxygens (including phenoxy) is 2. The van der Waals surface area contributed by atoms with Gasteiger partial charge in [0.25, 0.3) is 5.56 Å². The summed E-state index contributed by atoms with van der Waals surface area (Å²) in [5.41, 5.74) is 0.845. The summed E-state index contributed by atoms with van der Waals surface area (Å²) in [4.78, 5) is 32.1. The number of fused-ring (bicyclic) bond motifs is 1. The van der Waals surface area contributed by atoms with E-state index in [4.69, 9.17) is 9.47 Å². The van der Waals surface area contributed by atoms with Crippen LogP contribution < -0.4 is 20.3 Å². The number of aromatic amines is 1. The second kappa shape index (κ2) is 7.65. The van der Waals surface area contributed by atoms with Crippen molar-refractivity contribution in [2.24, 2.45) is 0 Å². The quantitative estimate of drug-likeness (QED) is 0.459. The number of benzene rings is 1. The van der Waals surface area contributed by atoms with E-state index in [1.807, 2.05) is 6.07 Å². The highest BCUT2D eigenvalue weighted by molar-refractivity contribution is 7.99. The van der Waals surface area contributed by atoms with Crippen molar-refractivity contribution >= 4 is 23.5 Å². The average molecular weight is 373 g/mol. The predicted molar refractivity (Wildman–Crippen MR) is 100 cm³/mol. The summed E-state index contributed by atoms with van der Waals surface area (Å²) >= 11 is 1.34. The van der Waals surface area contributed by atoms with Gasteiger partial charge in [-0.2, -0.15) is 0 Å². The van der Waals surface area contributed by atoms with E-state index in [0.29, 0.717) is 33.5 Å².